The van der Waals surface area contributed by atoms with Crippen LogP contribution in [0, 0.1) is 0 Å². The summed E-state index contributed by atoms with van der Waals surface area (Å²) in [5.41, 5.74) is 0. The Kier molecular flexibility index (Phi) is 34.2. The largest absolute Gasteiger partial charge is 0.472 e. The Hall–Kier alpha value is -1.29. The topological polar surface area (TPSA) is 149 Å². The van der Waals surface area contributed by atoms with Gasteiger partial charge in [-0.05, 0) is 38.5 Å². The van der Waals surface area contributed by atoms with E-state index in [2.05, 4.69) is 30.5 Å². The number of carbonyl (C=O) groups is 2. The van der Waals surface area contributed by atoms with Gasteiger partial charge >= 0.3 is 19.8 Å². The number of ether oxygens (including phenoxy) is 2. The molecule has 0 spiro atoms. The van der Waals surface area contributed by atoms with Crippen LogP contribution in [0.15, 0.2) is 12.2 Å². The minimum Gasteiger partial charge on any atom is -0.462 e. The molecule has 11 heteroatoms. The van der Waals surface area contributed by atoms with Crippen molar-refractivity contribution < 1.29 is 47.8 Å². The normalized spacial score (nSPS) is 14.1. The lowest BCUT2D eigenvalue weighted by molar-refractivity contribution is -0.161. The highest BCUT2D eigenvalue weighted by Crippen LogP contribution is 2.43. The van der Waals surface area contributed by atoms with E-state index in [1.54, 1.807) is 0 Å². The second kappa shape index (κ2) is 35.1. The number of phosphoric ester groups is 1. The maximum atomic E-state index is 12.5. The SMILES string of the molecule is CCCCCC/C=C\CCCCCCCC(=O)O[C@H](COC(=O)CCCCCCCCCCCCCCC)COP(=O)(O)OC[C@@H](O)CO. The summed E-state index contributed by atoms with van der Waals surface area (Å²) in [5, 5.41) is 18.3. The summed E-state index contributed by atoms with van der Waals surface area (Å²) in [4.78, 5) is 34.8. The van der Waals surface area contributed by atoms with E-state index in [1.807, 2.05) is 0 Å². The quantitative estimate of drug-likeness (QED) is 0.0245. The van der Waals surface area contributed by atoms with Crippen molar-refractivity contribution in [1.29, 1.82) is 0 Å². The Bertz CT molecular complexity index is 837. The Labute approximate surface area is 298 Å². The predicted molar refractivity (Wildman–Crippen MR) is 196 cm³/mol. The number of rotatable bonds is 37. The molecule has 0 aromatic heterocycles. The molecule has 0 radical (unpaired) electrons. The first-order valence-corrected chi connectivity index (χ1v) is 21.1. The molecule has 3 N–H and O–H groups in total. The molecule has 0 aliphatic rings. The van der Waals surface area contributed by atoms with Gasteiger partial charge in [-0.15, -0.1) is 0 Å². The van der Waals surface area contributed by atoms with E-state index in [4.69, 9.17) is 19.1 Å². The Morgan fingerprint density at radius 2 is 1.00 bits per heavy atom. The highest BCUT2D eigenvalue weighted by atomic mass is 31.2. The third-order valence-corrected chi connectivity index (χ3v) is 9.37. The molecule has 10 nitrogen and oxygen atoms in total. The average molecular weight is 721 g/mol. The first-order valence-electron chi connectivity index (χ1n) is 19.6. The second-order valence-electron chi connectivity index (χ2n) is 13.3. The van der Waals surface area contributed by atoms with Gasteiger partial charge in [-0.2, -0.15) is 0 Å². The minimum absolute atomic E-state index is 0.178. The van der Waals surface area contributed by atoms with Crippen LogP contribution in [0.1, 0.15) is 181 Å². The molecular formula is C38H73O10P. The van der Waals surface area contributed by atoms with E-state index in [0.717, 1.165) is 57.8 Å². The first-order chi connectivity index (χ1) is 23.7. The molecule has 0 saturated heterocycles. The van der Waals surface area contributed by atoms with E-state index in [-0.39, 0.29) is 19.4 Å². The molecule has 0 fully saturated rings. The molecule has 3 atom stereocenters. The van der Waals surface area contributed by atoms with Gasteiger partial charge in [-0.1, -0.05) is 142 Å². The minimum atomic E-state index is -4.61. The summed E-state index contributed by atoms with van der Waals surface area (Å²) in [5.74, 6) is -0.929. The number of carbonyl (C=O) groups excluding carboxylic acids is 2. The van der Waals surface area contributed by atoms with Gasteiger partial charge in [0, 0.05) is 12.8 Å². The lowest BCUT2D eigenvalue weighted by Gasteiger charge is -2.20. The zero-order chi connectivity index (χ0) is 36.3. The summed E-state index contributed by atoms with van der Waals surface area (Å²) in [6, 6.07) is 0. The third kappa shape index (κ3) is 34.9. The van der Waals surface area contributed by atoms with Crippen molar-refractivity contribution in [3.63, 3.8) is 0 Å². The Morgan fingerprint density at radius 1 is 0.592 bits per heavy atom. The van der Waals surface area contributed by atoms with Crippen LogP contribution >= 0.6 is 7.82 Å². The van der Waals surface area contributed by atoms with Crippen LogP contribution in [0.4, 0.5) is 0 Å². The fraction of sp³-hybridized carbons (Fsp3) is 0.895. The third-order valence-electron chi connectivity index (χ3n) is 8.42. The fourth-order valence-corrected chi connectivity index (χ4v) is 6.13. The molecule has 0 amide bonds. The summed E-state index contributed by atoms with van der Waals surface area (Å²) in [6.45, 7) is 2.35. The number of esters is 2. The summed E-state index contributed by atoms with van der Waals surface area (Å²) in [7, 11) is -4.61. The van der Waals surface area contributed by atoms with Crippen molar-refractivity contribution in [1.82, 2.24) is 0 Å². The van der Waals surface area contributed by atoms with Crippen molar-refractivity contribution in [3.05, 3.63) is 12.2 Å². The predicted octanol–water partition coefficient (Wildman–Crippen LogP) is 9.67. The number of hydrogen-bond donors (Lipinski definition) is 3. The summed E-state index contributed by atoms with van der Waals surface area (Å²) >= 11 is 0. The highest BCUT2D eigenvalue weighted by molar-refractivity contribution is 7.47. The first kappa shape index (κ1) is 47.7. The van der Waals surface area contributed by atoms with E-state index in [9.17, 15) is 24.2 Å². The molecule has 0 heterocycles. The molecule has 0 aromatic rings. The number of aliphatic hydroxyl groups is 2. The van der Waals surface area contributed by atoms with E-state index in [0.29, 0.717) is 12.8 Å². The van der Waals surface area contributed by atoms with Gasteiger partial charge in [0.1, 0.15) is 12.7 Å². The van der Waals surface area contributed by atoms with Crippen LogP contribution in [0.5, 0.6) is 0 Å². The lowest BCUT2D eigenvalue weighted by Crippen LogP contribution is -2.29. The van der Waals surface area contributed by atoms with E-state index in [1.165, 1.54) is 83.5 Å². The number of hydrogen-bond acceptors (Lipinski definition) is 9. The number of phosphoric acid groups is 1. The van der Waals surface area contributed by atoms with Crippen LogP contribution in [0.25, 0.3) is 0 Å². The maximum Gasteiger partial charge on any atom is 0.472 e. The van der Waals surface area contributed by atoms with Gasteiger partial charge in [0.25, 0.3) is 0 Å². The van der Waals surface area contributed by atoms with E-state index < -0.39 is 51.8 Å². The molecule has 0 aliphatic heterocycles. The van der Waals surface area contributed by atoms with Gasteiger partial charge in [0.05, 0.1) is 19.8 Å². The van der Waals surface area contributed by atoms with Crippen molar-refractivity contribution in [2.45, 2.75) is 193 Å². The van der Waals surface area contributed by atoms with Gasteiger partial charge in [-0.3, -0.25) is 18.6 Å². The fourth-order valence-electron chi connectivity index (χ4n) is 5.34. The second-order valence-corrected chi connectivity index (χ2v) is 14.8. The zero-order valence-corrected chi connectivity index (χ0v) is 32.1. The highest BCUT2D eigenvalue weighted by Gasteiger charge is 2.27. The summed E-state index contributed by atoms with van der Waals surface area (Å²) < 4.78 is 32.6. The lowest BCUT2D eigenvalue weighted by atomic mass is 10.0. The molecule has 0 aromatic carbocycles. The van der Waals surface area contributed by atoms with Gasteiger partial charge in [0.2, 0.25) is 0 Å². The van der Waals surface area contributed by atoms with Crippen LogP contribution in [-0.2, 0) is 32.7 Å². The molecule has 0 bridgehead atoms. The smallest absolute Gasteiger partial charge is 0.462 e. The van der Waals surface area contributed by atoms with E-state index >= 15 is 0 Å². The van der Waals surface area contributed by atoms with Gasteiger partial charge in [-0.25, -0.2) is 4.57 Å². The van der Waals surface area contributed by atoms with Crippen LogP contribution in [0.2, 0.25) is 0 Å². The Morgan fingerprint density at radius 3 is 1.49 bits per heavy atom. The van der Waals surface area contributed by atoms with Crippen LogP contribution < -0.4 is 0 Å². The molecule has 0 aliphatic carbocycles. The summed E-state index contributed by atoms with van der Waals surface area (Å²) in [6.07, 6.45) is 30.3. The molecule has 0 rings (SSSR count). The number of aliphatic hydroxyl groups excluding tert-OH is 2. The maximum absolute atomic E-state index is 12.5. The zero-order valence-electron chi connectivity index (χ0n) is 31.2. The molecule has 49 heavy (non-hydrogen) atoms. The number of allylic oxidation sites excluding steroid dienone is 2. The average Bonchev–Trinajstić information content (AvgIpc) is 3.09. The standard InChI is InChI=1S/C38H73O10P/c1-3-5-7-9-11-13-15-17-19-21-23-25-27-29-37(41)45-33-36(34-47-49(43,44)46-32-35(40)31-39)48-38(42)30-28-26-24-22-20-18-16-14-12-10-8-6-4-2/h14,16,35-36,39-40H,3-13,15,17-34H2,1-2H3,(H,43,44)/b16-14-/t35-,36+/m0/s1. The molecule has 1 unspecified atom stereocenters. The molecule has 290 valence electrons. The van der Waals surface area contributed by atoms with Crippen LogP contribution in [-0.4, -0.2) is 65.7 Å². The van der Waals surface area contributed by atoms with Crippen molar-refractivity contribution in [2.24, 2.45) is 0 Å². The van der Waals surface area contributed by atoms with Gasteiger partial charge in [0.15, 0.2) is 6.10 Å². The van der Waals surface area contributed by atoms with Gasteiger partial charge < -0.3 is 24.6 Å². The molecule has 0 saturated carbocycles. The molecular weight excluding hydrogens is 647 g/mol. The number of unbranched alkanes of at least 4 members (excludes halogenated alkanes) is 21. The Balaban J connectivity index is 4.35. The monoisotopic (exact) mass is 720 g/mol. The van der Waals surface area contributed by atoms with Crippen molar-refractivity contribution in [2.75, 3.05) is 26.4 Å². The van der Waals surface area contributed by atoms with Crippen LogP contribution in [0.3, 0.4) is 0 Å². The van der Waals surface area contributed by atoms with Crippen molar-refractivity contribution >= 4 is 19.8 Å². The van der Waals surface area contributed by atoms with Crippen molar-refractivity contribution in [3.8, 4) is 0 Å².